The van der Waals surface area contributed by atoms with Gasteiger partial charge in [-0.05, 0) is 88.2 Å². The van der Waals surface area contributed by atoms with E-state index < -0.39 is 0 Å². The number of benzene rings is 1. The summed E-state index contributed by atoms with van der Waals surface area (Å²) in [5, 5.41) is 3.44. The molecule has 218 valence electrons. The number of nitrogens with zero attached hydrogens (tertiary/aromatic N) is 4. The lowest BCUT2D eigenvalue weighted by molar-refractivity contribution is -0.140. The molecule has 1 aliphatic heterocycles. The Morgan fingerprint density at radius 3 is 2.33 bits per heavy atom. The zero-order valence-corrected chi connectivity index (χ0v) is 25.0. The zero-order chi connectivity index (χ0) is 28.2. The van der Waals surface area contributed by atoms with Gasteiger partial charge in [-0.2, -0.15) is 0 Å². The molecule has 0 aliphatic carbocycles. The fourth-order valence-corrected chi connectivity index (χ4v) is 5.11. The number of piperidine rings is 1. The number of hydrogen-bond donors (Lipinski definition) is 1. The monoisotopic (exact) mass is 541 g/mol. The number of esters is 1. The molecule has 3 rings (SSSR count). The third kappa shape index (κ3) is 9.82. The van der Waals surface area contributed by atoms with E-state index in [4.69, 9.17) is 9.72 Å². The third-order valence-corrected chi connectivity index (χ3v) is 7.61. The molecular formula is C31H51N5O3. The van der Waals surface area contributed by atoms with Gasteiger partial charge in [0.15, 0.2) is 0 Å². The van der Waals surface area contributed by atoms with Crippen molar-refractivity contribution in [1.29, 1.82) is 0 Å². The number of carbonyl (C=O) groups excluding carboxylic acids is 2. The van der Waals surface area contributed by atoms with E-state index in [1.165, 1.54) is 39.5 Å². The van der Waals surface area contributed by atoms with Crippen molar-refractivity contribution in [3.8, 4) is 0 Å². The molecule has 1 aromatic carbocycles. The number of aryl methyl sites for hydroxylation is 1. The maximum Gasteiger partial charge on any atom is 0.305 e. The van der Waals surface area contributed by atoms with E-state index in [1.54, 1.807) is 0 Å². The van der Waals surface area contributed by atoms with Crippen LogP contribution in [0.1, 0.15) is 89.4 Å². The van der Waals surface area contributed by atoms with Gasteiger partial charge in [0.25, 0.3) is 5.91 Å². The van der Waals surface area contributed by atoms with Gasteiger partial charge < -0.3 is 24.4 Å². The summed E-state index contributed by atoms with van der Waals surface area (Å²) < 4.78 is 7.00. The second-order valence-electron chi connectivity index (χ2n) is 11.8. The average Bonchev–Trinajstić information content (AvgIpc) is 3.27. The van der Waals surface area contributed by atoms with Gasteiger partial charge in [0, 0.05) is 38.2 Å². The highest BCUT2D eigenvalue weighted by atomic mass is 16.5. The number of carbonyl (C=O) groups is 2. The van der Waals surface area contributed by atoms with Crippen LogP contribution in [0.3, 0.4) is 0 Å². The van der Waals surface area contributed by atoms with Crippen LogP contribution in [-0.2, 0) is 16.1 Å². The molecule has 0 unspecified atom stereocenters. The fourth-order valence-electron chi connectivity index (χ4n) is 5.11. The summed E-state index contributed by atoms with van der Waals surface area (Å²) in [4.78, 5) is 34.7. The van der Waals surface area contributed by atoms with Crippen molar-refractivity contribution in [3.63, 3.8) is 0 Å². The van der Waals surface area contributed by atoms with Gasteiger partial charge in [0.05, 0.1) is 18.1 Å². The van der Waals surface area contributed by atoms with Crippen LogP contribution >= 0.6 is 0 Å². The molecule has 8 heteroatoms. The van der Waals surface area contributed by atoms with Crippen molar-refractivity contribution in [2.45, 2.75) is 85.6 Å². The minimum Gasteiger partial charge on any atom is -0.469 e. The smallest absolute Gasteiger partial charge is 0.305 e. The Labute approximate surface area is 235 Å². The van der Waals surface area contributed by atoms with E-state index in [-0.39, 0.29) is 11.9 Å². The Balaban J connectivity index is 1.81. The van der Waals surface area contributed by atoms with Crippen LogP contribution in [0.4, 0.5) is 5.95 Å². The van der Waals surface area contributed by atoms with Gasteiger partial charge in [-0.15, -0.1) is 0 Å². The van der Waals surface area contributed by atoms with E-state index in [0.29, 0.717) is 31.2 Å². The molecule has 0 spiro atoms. The number of amides is 1. The summed E-state index contributed by atoms with van der Waals surface area (Å²) in [5.41, 5.74) is 2.60. The predicted octanol–water partition coefficient (Wildman–Crippen LogP) is 5.81. The lowest BCUT2D eigenvalue weighted by atomic mass is 10.1. The number of ether oxygens (including phenoxy) is 1. The van der Waals surface area contributed by atoms with Crippen molar-refractivity contribution >= 4 is 28.9 Å². The maximum atomic E-state index is 13.7. The molecule has 0 atom stereocenters. The Morgan fingerprint density at radius 1 is 1.00 bits per heavy atom. The first-order valence-electron chi connectivity index (χ1n) is 15.1. The molecule has 1 amide bonds. The third-order valence-electron chi connectivity index (χ3n) is 7.61. The number of nitrogens with one attached hydrogen (secondary N) is 1. The molecule has 1 aromatic heterocycles. The van der Waals surface area contributed by atoms with E-state index in [0.717, 1.165) is 68.0 Å². The van der Waals surface area contributed by atoms with Gasteiger partial charge in [0.2, 0.25) is 5.95 Å². The molecule has 2 aromatic rings. The predicted molar refractivity (Wildman–Crippen MR) is 159 cm³/mol. The second kappa shape index (κ2) is 15.8. The number of imidazole rings is 1. The van der Waals surface area contributed by atoms with Crippen LogP contribution in [0.25, 0.3) is 11.0 Å². The van der Waals surface area contributed by atoms with Gasteiger partial charge in [-0.1, -0.05) is 34.1 Å². The molecule has 2 heterocycles. The SMILES string of the molecule is COC(=O)CCCNc1nc2ccc(C(=O)N(CCC(C)C)CCC(C)C)cc2n1CCCN1CCCCC1. The molecule has 1 N–H and O–H groups in total. The number of hydrogen-bond acceptors (Lipinski definition) is 6. The highest BCUT2D eigenvalue weighted by Crippen LogP contribution is 2.24. The van der Waals surface area contributed by atoms with Gasteiger partial charge in [-0.25, -0.2) is 4.98 Å². The largest absolute Gasteiger partial charge is 0.469 e. The summed E-state index contributed by atoms with van der Waals surface area (Å²) >= 11 is 0. The summed E-state index contributed by atoms with van der Waals surface area (Å²) in [6, 6.07) is 5.93. The quantitative estimate of drug-likeness (QED) is 0.213. The number of methoxy groups -OCH3 is 1. The van der Waals surface area contributed by atoms with Crippen molar-refractivity contribution in [1.82, 2.24) is 19.4 Å². The van der Waals surface area contributed by atoms with Crippen molar-refractivity contribution < 1.29 is 14.3 Å². The standard InChI is InChI=1S/C31H51N5O3/c1-24(2)14-21-35(22-15-25(3)4)30(38)26-12-13-27-28(23-26)36(20-10-19-34-17-7-6-8-18-34)31(33-27)32-16-9-11-29(37)39-5/h12-13,23-25H,6-11,14-22H2,1-5H3,(H,32,33). The molecular weight excluding hydrogens is 490 g/mol. The lowest BCUT2D eigenvalue weighted by Crippen LogP contribution is -2.34. The van der Waals surface area contributed by atoms with Crippen LogP contribution in [0, 0.1) is 11.8 Å². The Bertz CT molecular complexity index is 1030. The van der Waals surface area contributed by atoms with Gasteiger partial charge >= 0.3 is 5.97 Å². The first-order chi connectivity index (χ1) is 18.8. The summed E-state index contributed by atoms with van der Waals surface area (Å²) in [7, 11) is 1.42. The highest BCUT2D eigenvalue weighted by molar-refractivity contribution is 5.97. The van der Waals surface area contributed by atoms with Crippen LogP contribution in [0.15, 0.2) is 18.2 Å². The number of anilines is 1. The van der Waals surface area contributed by atoms with Crippen LogP contribution in [0.5, 0.6) is 0 Å². The number of likely N-dealkylation sites (tertiary alicyclic amines) is 1. The van der Waals surface area contributed by atoms with E-state index in [9.17, 15) is 9.59 Å². The average molecular weight is 542 g/mol. The molecule has 1 fully saturated rings. The topological polar surface area (TPSA) is 79.7 Å². The van der Waals surface area contributed by atoms with Crippen molar-refractivity contribution in [2.24, 2.45) is 11.8 Å². The maximum absolute atomic E-state index is 13.7. The molecule has 1 aliphatic rings. The number of fused-ring (bicyclic) bond motifs is 1. The first-order valence-corrected chi connectivity index (χ1v) is 15.1. The first kappa shape index (κ1) is 30.9. The summed E-state index contributed by atoms with van der Waals surface area (Å²) in [5.74, 6) is 1.81. The Hall–Kier alpha value is -2.61. The van der Waals surface area contributed by atoms with Crippen LogP contribution in [0.2, 0.25) is 0 Å². The fraction of sp³-hybridized carbons (Fsp3) is 0.710. The summed E-state index contributed by atoms with van der Waals surface area (Å²) in [6.07, 6.45) is 7.99. The Kier molecular flexibility index (Phi) is 12.6. The molecule has 0 bridgehead atoms. The number of aromatic nitrogens is 2. The summed E-state index contributed by atoms with van der Waals surface area (Å²) in [6.45, 7) is 15.3. The van der Waals surface area contributed by atoms with E-state index in [2.05, 4.69) is 42.5 Å². The van der Waals surface area contributed by atoms with Crippen molar-refractivity contribution in [3.05, 3.63) is 23.8 Å². The van der Waals surface area contributed by atoms with Crippen LogP contribution in [-0.4, -0.2) is 77.6 Å². The molecule has 0 radical (unpaired) electrons. The van der Waals surface area contributed by atoms with E-state index in [1.807, 2.05) is 23.1 Å². The minimum absolute atomic E-state index is 0.104. The normalized spacial score (nSPS) is 14.3. The lowest BCUT2D eigenvalue weighted by Gasteiger charge is -2.26. The molecule has 39 heavy (non-hydrogen) atoms. The highest BCUT2D eigenvalue weighted by Gasteiger charge is 2.20. The van der Waals surface area contributed by atoms with Crippen molar-refractivity contribution in [2.75, 3.05) is 51.7 Å². The van der Waals surface area contributed by atoms with Gasteiger partial charge in [-0.3, -0.25) is 9.59 Å². The second-order valence-corrected chi connectivity index (χ2v) is 11.8. The van der Waals surface area contributed by atoms with Crippen LogP contribution < -0.4 is 5.32 Å². The Morgan fingerprint density at radius 2 is 1.69 bits per heavy atom. The molecule has 0 saturated carbocycles. The number of rotatable bonds is 16. The minimum atomic E-state index is -0.200. The molecule has 8 nitrogen and oxygen atoms in total. The molecule has 1 saturated heterocycles. The van der Waals surface area contributed by atoms with E-state index >= 15 is 0 Å². The van der Waals surface area contributed by atoms with Gasteiger partial charge in [0.1, 0.15) is 0 Å². The zero-order valence-electron chi connectivity index (χ0n) is 25.0.